The zero-order valence-corrected chi connectivity index (χ0v) is 24.5. The predicted molar refractivity (Wildman–Crippen MR) is 159 cm³/mol. The number of ether oxygens (including phenoxy) is 1. The highest BCUT2D eigenvalue weighted by Gasteiger charge is 2.35. The van der Waals surface area contributed by atoms with E-state index in [4.69, 9.17) is 4.74 Å². The van der Waals surface area contributed by atoms with Crippen molar-refractivity contribution in [3.63, 3.8) is 0 Å². The highest BCUT2D eigenvalue weighted by molar-refractivity contribution is 5.86. The summed E-state index contributed by atoms with van der Waals surface area (Å²) in [5.74, 6) is 1.05. The fourth-order valence-electron chi connectivity index (χ4n) is 6.23. The first-order valence-corrected chi connectivity index (χ1v) is 14.9. The van der Waals surface area contributed by atoms with Crippen LogP contribution in [0.5, 0.6) is 11.5 Å². The van der Waals surface area contributed by atoms with Crippen LogP contribution in [0, 0.1) is 0 Å². The first-order valence-electron chi connectivity index (χ1n) is 14.9. The van der Waals surface area contributed by atoms with E-state index in [0.29, 0.717) is 30.0 Å². The van der Waals surface area contributed by atoms with E-state index in [1.54, 1.807) is 23.2 Å². The summed E-state index contributed by atoms with van der Waals surface area (Å²) in [5.41, 5.74) is 2.70. The third-order valence-electron chi connectivity index (χ3n) is 8.73. The molecule has 1 fully saturated rings. The number of amides is 1. The number of hydrogen-bond acceptors (Lipinski definition) is 5. The molecule has 1 N–H and O–H groups in total. The zero-order chi connectivity index (χ0) is 30.1. The molecule has 2 aliphatic heterocycles. The highest BCUT2D eigenvalue weighted by atomic mass is 19.4. The molecule has 4 heterocycles. The lowest BCUT2D eigenvalue weighted by Gasteiger charge is -2.35. The topological polar surface area (TPSA) is 64.7 Å². The maximum atomic E-state index is 14.1. The minimum atomic E-state index is -4.50. The van der Waals surface area contributed by atoms with Crippen LogP contribution < -0.4 is 4.74 Å². The Morgan fingerprint density at radius 2 is 1.84 bits per heavy atom. The molecule has 6 rings (SSSR count). The SMILES string of the molecule is CCN1CCN(Cc2ccc(CC(=O)N3CCc4ncc(Oc5cccc6[nH]ccc56)cc4C3C)cc2C(F)(F)F)CC1. The van der Waals surface area contributed by atoms with Crippen molar-refractivity contribution in [3.8, 4) is 11.5 Å². The van der Waals surface area contributed by atoms with Gasteiger partial charge in [-0.2, -0.15) is 13.2 Å². The van der Waals surface area contributed by atoms with E-state index in [1.807, 2.05) is 43.5 Å². The molecule has 0 radical (unpaired) electrons. The monoisotopic (exact) mass is 591 g/mol. The van der Waals surface area contributed by atoms with Gasteiger partial charge in [0, 0.05) is 68.5 Å². The summed E-state index contributed by atoms with van der Waals surface area (Å²) in [7, 11) is 0. The number of nitrogens with zero attached hydrogens (tertiary/aromatic N) is 4. The van der Waals surface area contributed by atoms with E-state index < -0.39 is 11.7 Å². The molecule has 4 aromatic rings. The molecule has 0 aliphatic carbocycles. The molecule has 0 bridgehead atoms. The summed E-state index contributed by atoms with van der Waals surface area (Å²) in [6.07, 6.45) is -0.481. The van der Waals surface area contributed by atoms with Crippen LogP contribution >= 0.6 is 0 Å². The van der Waals surface area contributed by atoms with Crippen LogP contribution in [0.1, 0.15) is 47.8 Å². The summed E-state index contributed by atoms with van der Waals surface area (Å²) in [6, 6.07) is 13.7. The smallest absolute Gasteiger partial charge is 0.416 e. The number of piperazine rings is 1. The standard InChI is InChI=1S/C33H36F3N5O2/c1-3-39-13-15-40(16-14-39)21-24-8-7-23(17-28(24)33(34,35)36)18-32(42)41-12-10-30-27(22(41)2)19-25(20-38-30)43-31-6-4-5-29-26(31)9-11-37-29/h4-9,11,17,19-20,22,37H,3,10,12-16,18,21H2,1-2H3. The lowest BCUT2D eigenvalue weighted by molar-refractivity contribution is -0.139. The molecule has 1 amide bonds. The third-order valence-corrected chi connectivity index (χ3v) is 8.73. The molecular weight excluding hydrogens is 555 g/mol. The van der Waals surface area contributed by atoms with Crippen molar-refractivity contribution in [1.29, 1.82) is 0 Å². The number of H-pyrrole nitrogens is 1. The molecule has 43 heavy (non-hydrogen) atoms. The van der Waals surface area contributed by atoms with Crippen molar-refractivity contribution in [2.24, 2.45) is 0 Å². The van der Waals surface area contributed by atoms with E-state index in [2.05, 4.69) is 26.7 Å². The molecule has 2 aromatic heterocycles. The number of benzene rings is 2. The van der Waals surface area contributed by atoms with Gasteiger partial charge in [-0.25, -0.2) is 0 Å². The molecule has 1 atom stereocenters. The Labute approximate surface area is 249 Å². The highest BCUT2D eigenvalue weighted by Crippen LogP contribution is 2.36. The molecule has 226 valence electrons. The first-order chi connectivity index (χ1) is 20.7. The maximum absolute atomic E-state index is 14.1. The van der Waals surface area contributed by atoms with Gasteiger partial charge in [0.1, 0.15) is 11.5 Å². The average Bonchev–Trinajstić information content (AvgIpc) is 3.48. The van der Waals surface area contributed by atoms with E-state index in [0.717, 1.165) is 61.0 Å². The Kier molecular flexibility index (Phi) is 8.15. The van der Waals surface area contributed by atoms with E-state index in [-0.39, 0.29) is 30.5 Å². The summed E-state index contributed by atoms with van der Waals surface area (Å²) < 4.78 is 48.6. The van der Waals surface area contributed by atoms with Gasteiger partial charge >= 0.3 is 6.18 Å². The van der Waals surface area contributed by atoms with Gasteiger partial charge in [0.05, 0.1) is 24.2 Å². The number of hydrogen-bond donors (Lipinski definition) is 1. The van der Waals surface area contributed by atoms with Gasteiger partial charge in [-0.05, 0) is 60.5 Å². The Morgan fingerprint density at radius 3 is 2.60 bits per heavy atom. The summed E-state index contributed by atoms with van der Waals surface area (Å²) in [4.78, 5) is 27.4. The van der Waals surface area contributed by atoms with E-state index in [9.17, 15) is 18.0 Å². The summed E-state index contributed by atoms with van der Waals surface area (Å²) in [6.45, 7) is 8.86. The largest absolute Gasteiger partial charge is 0.455 e. The van der Waals surface area contributed by atoms with Crippen LogP contribution in [0.4, 0.5) is 13.2 Å². The van der Waals surface area contributed by atoms with Crippen molar-refractivity contribution in [2.45, 2.75) is 45.5 Å². The first kappa shape index (κ1) is 29.2. The Bertz CT molecular complexity index is 1610. The van der Waals surface area contributed by atoms with Crippen molar-refractivity contribution >= 4 is 16.8 Å². The van der Waals surface area contributed by atoms with Crippen molar-refractivity contribution < 1.29 is 22.7 Å². The van der Waals surface area contributed by atoms with Crippen LogP contribution in [-0.2, 0) is 30.4 Å². The van der Waals surface area contributed by atoms with Crippen LogP contribution in [0.2, 0.25) is 0 Å². The lowest BCUT2D eigenvalue weighted by atomic mass is 9.96. The second kappa shape index (κ2) is 12.0. The number of carbonyl (C=O) groups is 1. The minimum Gasteiger partial charge on any atom is -0.455 e. The molecule has 1 saturated heterocycles. The number of likely N-dealkylation sites (N-methyl/N-ethyl adjacent to an activating group) is 1. The number of rotatable bonds is 7. The van der Waals surface area contributed by atoms with Gasteiger partial charge < -0.3 is 19.5 Å². The Balaban J connectivity index is 1.16. The van der Waals surface area contributed by atoms with Gasteiger partial charge in [-0.15, -0.1) is 0 Å². The Morgan fingerprint density at radius 1 is 1.05 bits per heavy atom. The van der Waals surface area contributed by atoms with Gasteiger partial charge in [-0.3, -0.25) is 14.7 Å². The molecule has 1 unspecified atom stereocenters. The van der Waals surface area contributed by atoms with Gasteiger partial charge in [0.2, 0.25) is 5.91 Å². The van der Waals surface area contributed by atoms with Crippen LogP contribution in [-0.4, -0.2) is 69.8 Å². The van der Waals surface area contributed by atoms with Crippen LogP contribution in [0.25, 0.3) is 10.9 Å². The second-order valence-electron chi connectivity index (χ2n) is 11.4. The fraction of sp³-hybridized carbons (Fsp3) is 0.394. The number of carbonyl (C=O) groups excluding carboxylic acids is 1. The number of pyridine rings is 1. The molecule has 2 aliphatic rings. The number of fused-ring (bicyclic) bond motifs is 2. The minimum absolute atomic E-state index is 0.0999. The number of halogens is 3. The number of alkyl halides is 3. The third kappa shape index (κ3) is 6.26. The normalized spacial score (nSPS) is 18.2. The molecule has 7 nitrogen and oxygen atoms in total. The molecular formula is C33H36F3N5O2. The summed E-state index contributed by atoms with van der Waals surface area (Å²) in [5, 5.41) is 0.952. The van der Waals surface area contributed by atoms with Gasteiger partial charge in [0.15, 0.2) is 0 Å². The summed E-state index contributed by atoms with van der Waals surface area (Å²) >= 11 is 0. The van der Waals surface area contributed by atoms with Gasteiger partial charge in [-0.1, -0.05) is 25.1 Å². The Hall–Kier alpha value is -3.89. The molecule has 10 heteroatoms. The van der Waals surface area contributed by atoms with E-state index >= 15 is 0 Å². The predicted octanol–water partition coefficient (Wildman–Crippen LogP) is 6.20. The average molecular weight is 592 g/mol. The maximum Gasteiger partial charge on any atom is 0.416 e. The number of aromatic nitrogens is 2. The van der Waals surface area contributed by atoms with Crippen molar-refractivity contribution in [3.05, 3.63) is 88.9 Å². The van der Waals surface area contributed by atoms with Crippen LogP contribution in [0.3, 0.4) is 0 Å². The molecule has 0 saturated carbocycles. The lowest BCUT2D eigenvalue weighted by Crippen LogP contribution is -2.45. The number of nitrogens with one attached hydrogen (secondary N) is 1. The second-order valence-corrected chi connectivity index (χ2v) is 11.4. The molecule has 0 spiro atoms. The van der Waals surface area contributed by atoms with Gasteiger partial charge in [0.25, 0.3) is 0 Å². The van der Waals surface area contributed by atoms with Crippen molar-refractivity contribution in [2.75, 3.05) is 39.3 Å². The quantitative estimate of drug-likeness (QED) is 0.277. The molecule has 2 aromatic carbocycles. The van der Waals surface area contributed by atoms with Crippen LogP contribution in [0.15, 0.2) is 60.9 Å². The van der Waals surface area contributed by atoms with Crippen molar-refractivity contribution in [1.82, 2.24) is 24.7 Å². The zero-order valence-electron chi connectivity index (χ0n) is 24.5. The fourth-order valence-corrected chi connectivity index (χ4v) is 6.23. The number of aromatic amines is 1. The van der Waals surface area contributed by atoms with E-state index in [1.165, 1.54) is 0 Å².